The Hall–Kier alpha value is -4.59. The van der Waals surface area contributed by atoms with E-state index in [4.69, 9.17) is 9.72 Å². The molecule has 2 aromatic heterocycles. The maximum atomic E-state index is 13.2. The summed E-state index contributed by atoms with van der Waals surface area (Å²) in [5.74, 6) is 1.99. The van der Waals surface area contributed by atoms with Gasteiger partial charge in [-0.25, -0.2) is 10.1 Å². The lowest BCUT2D eigenvalue weighted by Gasteiger charge is -2.17. The summed E-state index contributed by atoms with van der Waals surface area (Å²) in [5, 5.41) is 14.2. The summed E-state index contributed by atoms with van der Waals surface area (Å²) in [6.45, 7) is 2.58. The molecular weight excluding hydrogens is 464 g/mol. The summed E-state index contributed by atoms with van der Waals surface area (Å²) >= 11 is 0. The molecule has 0 spiro atoms. The average molecular weight is 493 g/mol. The Kier molecular flexibility index (Phi) is 7.45. The summed E-state index contributed by atoms with van der Waals surface area (Å²) in [6, 6.07) is 29.0. The number of aryl methyl sites for hydroxylation is 1. The first-order valence-electron chi connectivity index (χ1n) is 12.4. The van der Waals surface area contributed by atoms with Crippen LogP contribution in [0.4, 0.5) is 0 Å². The Labute approximate surface area is 215 Å². The Bertz CT molecular complexity index is 1470. The van der Waals surface area contributed by atoms with Gasteiger partial charge in [0.15, 0.2) is 11.9 Å². The number of hydrogen-bond acceptors (Lipinski definition) is 6. The molecule has 0 radical (unpaired) electrons. The highest BCUT2D eigenvalue weighted by Gasteiger charge is 2.20. The molecule has 1 N–H and O–H groups in total. The number of hydrogen-bond donors (Lipinski definition) is 1. The third-order valence-corrected chi connectivity index (χ3v) is 6.14. The van der Waals surface area contributed by atoms with Crippen LogP contribution < -0.4 is 10.3 Å². The van der Waals surface area contributed by atoms with Gasteiger partial charge in [-0.05, 0) is 34.5 Å². The number of nitrogens with zero attached hydrogens (tertiary/aromatic N) is 5. The average Bonchev–Trinajstić information content (AvgIpc) is 3.48. The highest BCUT2D eigenvalue weighted by atomic mass is 16.5. The van der Waals surface area contributed by atoms with E-state index in [0.29, 0.717) is 23.8 Å². The van der Waals surface area contributed by atoms with Gasteiger partial charge in [0.05, 0.1) is 12.2 Å². The number of tetrazole rings is 1. The van der Waals surface area contributed by atoms with Crippen molar-refractivity contribution in [3.8, 4) is 17.0 Å². The first-order chi connectivity index (χ1) is 18.2. The molecule has 8 nitrogen and oxygen atoms in total. The zero-order chi connectivity index (χ0) is 25.5. The van der Waals surface area contributed by atoms with Gasteiger partial charge in [0.25, 0.3) is 5.56 Å². The van der Waals surface area contributed by atoms with Gasteiger partial charge >= 0.3 is 0 Å². The number of H-pyrrole nitrogens is 1. The normalized spacial score (nSPS) is 11.8. The summed E-state index contributed by atoms with van der Waals surface area (Å²) < 4.78 is 8.03. The van der Waals surface area contributed by atoms with Crippen molar-refractivity contribution in [2.75, 3.05) is 0 Å². The highest BCUT2D eigenvalue weighted by molar-refractivity contribution is 5.58. The second-order valence-corrected chi connectivity index (χ2v) is 8.79. The molecule has 3 aromatic carbocycles. The van der Waals surface area contributed by atoms with E-state index in [1.165, 1.54) is 0 Å². The van der Waals surface area contributed by atoms with Gasteiger partial charge in [-0.1, -0.05) is 86.1 Å². The molecule has 2 heterocycles. The SMILES string of the molecule is CCCCc1nc(-c2ccccc2)cc(=O)n1Cc1ccc(OC(c2ccccc2)c2nnn[nH]2)cc1. The van der Waals surface area contributed by atoms with Crippen molar-refractivity contribution in [1.82, 2.24) is 30.2 Å². The number of rotatable bonds is 10. The maximum Gasteiger partial charge on any atom is 0.254 e. The Morgan fingerprint density at radius 2 is 1.68 bits per heavy atom. The fraction of sp³-hybridized carbons (Fsp3) is 0.207. The van der Waals surface area contributed by atoms with E-state index < -0.39 is 6.10 Å². The summed E-state index contributed by atoms with van der Waals surface area (Å²) in [7, 11) is 0. The third-order valence-electron chi connectivity index (χ3n) is 6.14. The Morgan fingerprint density at radius 3 is 2.35 bits per heavy atom. The Morgan fingerprint density at radius 1 is 0.946 bits per heavy atom. The summed E-state index contributed by atoms with van der Waals surface area (Å²) in [6.07, 6.45) is 2.27. The Balaban J connectivity index is 1.38. The van der Waals surface area contributed by atoms with Crippen molar-refractivity contribution >= 4 is 0 Å². The molecule has 186 valence electrons. The van der Waals surface area contributed by atoms with Gasteiger partial charge in [0, 0.05) is 23.6 Å². The van der Waals surface area contributed by atoms with Crippen molar-refractivity contribution in [3.63, 3.8) is 0 Å². The predicted octanol–water partition coefficient (Wildman–Crippen LogP) is 4.98. The number of aromatic amines is 1. The predicted molar refractivity (Wildman–Crippen MR) is 141 cm³/mol. The van der Waals surface area contributed by atoms with E-state index >= 15 is 0 Å². The zero-order valence-corrected chi connectivity index (χ0v) is 20.6. The lowest BCUT2D eigenvalue weighted by molar-refractivity contribution is 0.237. The van der Waals surface area contributed by atoms with E-state index in [9.17, 15) is 4.79 Å². The number of aromatic nitrogens is 6. The van der Waals surface area contributed by atoms with Gasteiger partial charge in [0.2, 0.25) is 0 Å². The van der Waals surface area contributed by atoms with Gasteiger partial charge < -0.3 is 4.74 Å². The molecule has 0 fully saturated rings. The molecule has 0 aliphatic rings. The summed E-state index contributed by atoms with van der Waals surface area (Å²) in [4.78, 5) is 18.1. The topological polar surface area (TPSA) is 98.6 Å². The van der Waals surface area contributed by atoms with Crippen LogP contribution in [0.1, 0.15) is 48.6 Å². The lowest BCUT2D eigenvalue weighted by Crippen LogP contribution is -2.25. The van der Waals surface area contributed by atoms with E-state index in [1.54, 1.807) is 10.6 Å². The number of benzene rings is 3. The second-order valence-electron chi connectivity index (χ2n) is 8.79. The molecule has 0 aliphatic heterocycles. The number of nitrogens with one attached hydrogen (secondary N) is 1. The van der Waals surface area contributed by atoms with Gasteiger partial charge in [-0.3, -0.25) is 9.36 Å². The molecular formula is C29H28N6O2. The minimum absolute atomic E-state index is 0.0535. The second kappa shape index (κ2) is 11.4. The summed E-state index contributed by atoms with van der Waals surface area (Å²) in [5.41, 5.74) is 3.52. The van der Waals surface area contributed by atoms with Gasteiger partial charge in [-0.2, -0.15) is 0 Å². The van der Waals surface area contributed by atoms with Crippen LogP contribution in [0.15, 0.2) is 95.8 Å². The van der Waals surface area contributed by atoms with E-state index in [2.05, 4.69) is 27.5 Å². The molecule has 0 amide bonds. The molecule has 0 saturated heterocycles. The highest BCUT2D eigenvalue weighted by Crippen LogP contribution is 2.26. The van der Waals surface area contributed by atoms with Crippen LogP contribution in [0, 0.1) is 0 Å². The minimum Gasteiger partial charge on any atom is -0.478 e. The molecule has 5 aromatic rings. The van der Waals surface area contributed by atoms with Crippen LogP contribution in [-0.2, 0) is 13.0 Å². The number of unbranched alkanes of at least 4 members (excludes halogenated alkanes) is 1. The van der Waals surface area contributed by atoms with Crippen molar-refractivity contribution in [3.05, 3.63) is 124 Å². The molecule has 8 heteroatoms. The first kappa shape index (κ1) is 24.1. The lowest BCUT2D eigenvalue weighted by atomic mass is 10.1. The van der Waals surface area contributed by atoms with E-state index in [0.717, 1.165) is 41.8 Å². The monoisotopic (exact) mass is 492 g/mol. The fourth-order valence-corrected chi connectivity index (χ4v) is 4.18. The van der Waals surface area contributed by atoms with Crippen LogP contribution in [0.25, 0.3) is 11.3 Å². The van der Waals surface area contributed by atoms with Crippen molar-refractivity contribution in [2.45, 2.75) is 38.8 Å². The third kappa shape index (κ3) is 5.81. The zero-order valence-electron chi connectivity index (χ0n) is 20.6. The van der Waals surface area contributed by atoms with Crippen LogP contribution in [0.2, 0.25) is 0 Å². The smallest absolute Gasteiger partial charge is 0.254 e. The van der Waals surface area contributed by atoms with Crippen molar-refractivity contribution in [1.29, 1.82) is 0 Å². The van der Waals surface area contributed by atoms with E-state index in [-0.39, 0.29) is 5.56 Å². The fourth-order valence-electron chi connectivity index (χ4n) is 4.18. The van der Waals surface area contributed by atoms with Crippen LogP contribution >= 0.6 is 0 Å². The molecule has 5 rings (SSSR count). The van der Waals surface area contributed by atoms with Crippen LogP contribution in [0.3, 0.4) is 0 Å². The minimum atomic E-state index is -0.472. The van der Waals surface area contributed by atoms with Gasteiger partial charge in [-0.15, -0.1) is 5.10 Å². The van der Waals surface area contributed by atoms with Crippen LogP contribution in [0.5, 0.6) is 5.75 Å². The molecule has 0 saturated carbocycles. The molecule has 37 heavy (non-hydrogen) atoms. The van der Waals surface area contributed by atoms with Gasteiger partial charge in [0.1, 0.15) is 11.6 Å². The van der Waals surface area contributed by atoms with E-state index in [1.807, 2.05) is 84.9 Å². The molecule has 0 aliphatic carbocycles. The maximum absolute atomic E-state index is 13.2. The number of ether oxygens (including phenoxy) is 1. The largest absolute Gasteiger partial charge is 0.478 e. The standard InChI is InChI=1S/C29H28N6O2/c1-2-3-14-26-30-25(22-10-6-4-7-11-22)19-27(36)35(26)20-21-15-17-24(18-16-21)37-28(29-31-33-34-32-29)23-12-8-5-9-13-23/h4-13,15-19,28H,2-3,14,20H2,1H3,(H,31,32,33,34). The molecule has 1 atom stereocenters. The quantitative estimate of drug-likeness (QED) is 0.295. The molecule has 1 unspecified atom stereocenters. The van der Waals surface area contributed by atoms with Crippen molar-refractivity contribution in [2.24, 2.45) is 0 Å². The first-order valence-corrected chi connectivity index (χ1v) is 12.4. The van der Waals surface area contributed by atoms with Crippen molar-refractivity contribution < 1.29 is 4.74 Å². The van der Waals surface area contributed by atoms with Crippen LogP contribution in [-0.4, -0.2) is 30.2 Å². The molecule has 0 bridgehead atoms.